The van der Waals surface area contributed by atoms with E-state index in [-0.39, 0.29) is 17.7 Å². The van der Waals surface area contributed by atoms with E-state index in [2.05, 4.69) is 5.32 Å². The number of anilines is 1. The molecule has 0 saturated carbocycles. The Morgan fingerprint density at radius 1 is 1.14 bits per heavy atom. The van der Waals surface area contributed by atoms with Crippen molar-refractivity contribution < 1.29 is 8.78 Å². The first kappa shape index (κ1) is 15.4. The fourth-order valence-electron chi connectivity index (χ4n) is 2.46. The normalized spacial score (nSPS) is 12.2. The molecule has 2 rings (SSSR count). The number of hydrogen-bond acceptors (Lipinski definition) is 2. The van der Waals surface area contributed by atoms with Gasteiger partial charge in [-0.3, -0.25) is 0 Å². The van der Waals surface area contributed by atoms with E-state index in [1.165, 1.54) is 18.2 Å². The zero-order chi connectivity index (χ0) is 15.4. The molecule has 2 aromatic carbocycles. The van der Waals surface area contributed by atoms with Gasteiger partial charge in [0.05, 0.1) is 6.04 Å². The van der Waals surface area contributed by atoms with Gasteiger partial charge in [0.25, 0.3) is 0 Å². The van der Waals surface area contributed by atoms with Gasteiger partial charge in [-0.25, -0.2) is 8.78 Å². The largest absolute Gasteiger partial charge is 0.367 e. The molecule has 1 N–H and O–H groups in total. The van der Waals surface area contributed by atoms with E-state index in [4.69, 9.17) is 0 Å². The fraction of sp³-hybridized carbons (Fsp3) is 0.294. The van der Waals surface area contributed by atoms with Gasteiger partial charge in [0.15, 0.2) is 0 Å². The monoisotopic (exact) mass is 290 g/mol. The maximum Gasteiger partial charge on any atom is 0.128 e. The van der Waals surface area contributed by atoms with Crippen LogP contribution in [-0.4, -0.2) is 14.1 Å². The van der Waals surface area contributed by atoms with Crippen molar-refractivity contribution in [2.75, 3.05) is 19.0 Å². The predicted octanol–water partition coefficient (Wildman–Crippen LogP) is 3.88. The minimum atomic E-state index is -0.268. The molecule has 0 bridgehead atoms. The van der Waals surface area contributed by atoms with Crippen LogP contribution in [0.25, 0.3) is 0 Å². The summed E-state index contributed by atoms with van der Waals surface area (Å²) in [5.74, 6) is -0.495. The van der Waals surface area contributed by atoms with Crippen LogP contribution in [0, 0.1) is 11.6 Å². The third-order valence-corrected chi connectivity index (χ3v) is 3.73. The molecule has 0 fully saturated rings. The van der Waals surface area contributed by atoms with Crippen molar-refractivity contribution in [2.45, 2.75) is 19.5 Å². The molecule has 1 atom stereocenters. The van der Waals surface area contributed by atoms with Gasteiger partial charge in [-0.1, -0.05) is 18.2 Å². The molecule has 2 nitrogen and oxygen atoms in total. The lowest BCUT2D eigenvalue weighted by Gasteiger charge is -2.29. The summed E-state index contributed by atoms with van der Waals surface area (Å²) in [6, 6.07) is 11.3. The van der Waals surface area contributed by atoms with Gasteiger partial charge in [0.1, 0.15) is 11.6 Å². The number of benzene rings is 2. The standard InChI is InChI=1S/C17H20F2N2/c1-12(15-6-4-5-7-16(15)19)21(3)17-9-8-14(18)10-13(17)11-20-2/h4-10,12,20H,11H2,1-3H3. The molecule has 0 spiro atoms. The van der Waals surface area contributed by atoms with E-state index in [0.29, 0.717) is 12.1 Å². The Hall–Kier alpha value is -1.94. The summed E-state index contributed by atoms with van der Waals surface area (Å²) in [6.45, 7) is 2.49. The lowest BCUT2D eigenvalue weighted by molar-refractivity contribution is 0.583. The van der Waals surface area contributed by atoms with Crippen LogP contribution in [-0.2, 0) is 6.54 Å². The van der Waals surface area contributed by atoms with Crippen LogP contribution in [0.5, 0.6) is 0 Å². The fourth-order valence-corrected chi connectivity index (χ4v) is 2.46. The molecule has 0 amide bonds. The second kappa shape index (κ2) is 6.68. The van der Waals surface area contributed by atoms with E-state index >= 15 is 0 Å². The van der Waals surface area contributed by atoms with Gasteiger partial charge < -0.3 is 10.2 Å². The summed E-state index contributed by atoms with van der Waals surface area (Å²) in [7, 11) is 3.71. The van der Waals surface area contributed by atoms with E-state index in [9.17, 15) is 8.78 Å². The highest BCUT2D eigenvalue weighted by Gasteiger charge is 2.18. The molecular formula is C17H20F2N2. The Kier molecular flexibility index (Phi) is 4.91. The van der Waals surface area contributed by atoms with Gasteiger partial charge in [0, 0.05) is 24.8 Å². The van der Waals surface area contributed by atoms with Gasteiger partial charge in [-0.15, -0.1) is 0 Å². The molecular weight excluding hydrogens is 270 g/mol. The van der Waals surface area contributed by atoms with E-state index in [1.54, 1.807) is 18.2 Å². The van der Waals surface area contributed by atoms with Crippen LogP contribution in [0.1, 0.15) is 24.1 Å². The maximum absolute atomic E-state index is 13.9. The van der Waals surface area contributed by atoms with E-state index in [1.807, 2.05) is 32.0 Å². The number of nitrogens with zero attached hydrogens (tertiary/aromatic N) is 1. The molecule has 0 aliphatic carbocycles. The summed E-state index contributed by atoms with van der Waals surface area (Å²) in [5, 5.41) is 3.03. The average Bonchev–Trinajstić information content (AvgIpc) is 2.47. The minimum Gasteiger partial charge on any atom is -0.367 e. The lowest BCUT2D eigenvalue weighted by atomic mass is 10.0. The topological polar surface area (TPSA) is 15.3 Å². The van der Waals surface area contributed by atoms with Crippen LogP contribution in [0.3, 0.4) is 0 Å². The summed E-state index contributed by atoms with van der Waals surface area (Å²) in [4.78, 5) is 1.96. The molecule has 0 aromatic heterocycles. The second-order valence-electron chi connectivity index (χ2n) is 5.11. The van der Waals surface area contributed by atoms with Crippen LogP contribution in [0.2, 0.25) is 0 Å². The Labute approximate surface area is 124 Å². The number of rotatable bonds is 5. The number of halogens is 2. The van der Waals surface area contributed by atoms with Crippen molar-refractivity contribution in [3.05, 3.63) is 65.2 Å². The third-order valence-electron chi connectivity index (χ3n) is 3.73. The molecule has 21 heavy (non-hydrogen) atoms. The van der Waals surface area contributed by atoms with Crippen LogP contribution in [0.4, 0.5) is 14.5 Å². The van der Waals surface area contributed by atoms with Gasteiger partial charge in [0.2, 0.25) is 0 Å². The Bertz CT molecular complexity index is 613. The van der Waals surface area contributed by atoms with Crippen molar-refractivity contribution in [2.24, 2.45) is 0 Å². The van der Waals surface area contributed by atoms with Crippen molar-refractivity contribution in [1.29, 1.82) is 0 Å². The first-order valence-electron chi connectivity index (χ1n) is 6.95. The average molecular weight is 290 g/mol. The third kappa shape index (κ3) is 3.39. The molecule has 1 unspecified atom stereocenters. The highest BCUT2D eigenvalue weighted by atomic mass is 19.1. The zero-order valence-electron chi connectivity index (χ0n) is 12.5. The molecule has 0 radical (unpaired) electrons. The first-order valence-corrected chi connectivity index (χ1v) is 6.95. The van der Waals surface area contributed by atoms with Gasteiger partial charge >= 0.3 is 0 Å². The number of nitrogens with one attached hydrogen (secondary N) is 1. The van der Waals surface area contributed by atoms with E-state index < -0.39 is 0 Å². The quantitative estimate of drug-likeness (QED) is 0.899. The molecule has 0 saturated heterocycles. The minimum absolute atomic E-state index is 0.146. The zero-order valence-corrected chi connectivity index (χ0v) is 12.5. The van der Waals surface area contributed by atoms with Crippen LogP contribution >= 0.6 is 0 Å². The van der Waals surface area contributed by atoms with Crippen molar-refractivity contribution in [3.8, 4) is 0 Å². The summed E-state index contributed by atoms with van der Waals surface area (Å²) in [6.07, 6.45) is 0. The lowest BCUT2D eigenvalue weighted by Crippen LogP contribution is -2.24. The predicted molar refractivity (Wildman–Crippen MR) is 82.4 cm³/mol. The Morgan fingerprint density at radius 3 is 2.52 bits per heavy atom. The Morgan fingerprint density at radius 2 is 1.86 bits per heavy atom. The van der Waals surface area contributed by atoms with Crippen molar-refractivity contribution in [1.82, 2.24) is 5.32 Å². The van der Waals surface area contributed by atoms with Gasteiger partial charge in [-0.05, 0) is 43.8 Å². The van der Waals surface area contributed by atoms with Crippen molar-refractivity contribution >= 4 is 5.69 Å². The second-order valence-corrected chi connectivity index (χ2v) is 5.11. The molecule has 112 valence electrons. The molecule has 4 heteroatoms. The van der Waals surface area contributed by atoms with Crippen molar-refractivity contribution in [3.63, 3.8) is 0 Å². The maximum atomic E-state index is 13.9. The Balaban J connectivity index is 2.35. The van der Waals surface area contributed by atoms with Crippen LogP contribution in [0.15, 0.2) is 42.5 Å². The molecule has 2 aromatic rings. The van der Waals surface area contributed by atoms with E-state index in [0.717, 1.165) is 11.3 Å². The smallest absolute Gasteiger partial charge is 0.128 e. The number of hydrogen-bond donors (Lipinski definition) is 1. The summed E-state index contributed by atoms with van der Waals surface area (Å²) in [5.41, 5.74) is 2.37. The highest BCUT2D eigenvalue weighted by molar-refractivity contribution is 5.55. The van der Waals surface area contributed by atoms with Gasteiger partial charge in [-0.2, -0.15) is 0 Å². The first-order chi connectivity index (χ1) is 10.0. The highest BCUT2D eigenvalue weighted by Crippen LogP contribution is 2.29. The van der Waals surface area contributed by atoms with Crippen LogP contribution < -0.4 is 10.2 Å². The summed E-state index contributed by atoms with van der Waals surface area (Å²) >= 11 is 0. The molecule has 0 heterocycles. The molecule has 0 aliphatic heterocycles. The molecule has 0 aliphatic rings. The summed E-state index contributed by atoms with van der Waals surface area (Å²) < 4.78 is 27.3. The SMILES string of the molecule is CNCc1cc(F)ccc1N(C)C(C)c1ccccc1F.